The highest BCUT2D eigenvalue weighted by molar-refractivity contribution is 6.25. The van der Waals surface area contributed by atoms with E-state index in [4.69, 9.17) is 9.47 Å². The Hall–Kier alpha value is -8.14. The maximum atomic E-state index is 6.83. The van der Waals surface area contributed by atoms with Crippen LogP contribution in [0.2, 0.25) is 0 Å². The molecule has 0 saturated heterocycles. The first-order chi connectivity index (χ1) is 30.7. The summed E-state index contributed by atoms with van der Waals surface area (Å²) in [4.78, 5) is 2.38. The summed E-state index contributed by atoms with van der Waals surface area (Å²) in [5.41, 5.74) is 9.95. The third kappa shape index (κ3) is 5.00. The van der Waals surface area contributed by atoms with Crippen LogP contribution < -0.4 is 14.4 Å². The van der Waals surface area contributed by atoms with Crippen LogP contribution in [0.3, 0.4) is 0 Å². The van der Waals surface area contributed by atoms with Crippen molar-refractivity contribution in [3.63, 3.8) is 0 Å². The molecule has 11 aromatic rings. The van der Waals surface area contributed by atoms with Crippen molar-refractivity contribution in [1.29, 1.82) is 0 Å². The fourth-order valence-electron chi connectivity index (χ4n) is 10.5. The second kappa shape index (κ2) is 13.4. The summed E-state index contributed by atoms with van der Waals surface area (Å²) in [5.74, 6) is 2.89. The van der Waals surface area contributed by atoms with Crippen LogP contribution in [0.4, 0.5) is 17.1 Å². The molecule has 3 nitrogen and oxygen atoms in total. The van der Waals surface area contributed by atoms with Crippen molar-refractivity contribution >= 4 is 60.2 Å². The van der Waals surface area contributed by atoms with Crippen LogP contribution in [0, 0.1) is 0 Å². The van der Waals surface area contributed by atoms with Gasteiger partial charge in [-0.25, -0.2) is 0 Å². The first-order valence-electron chi connectivity index (χ1n) is 21.2. The topological polar surface area (TPSA) is 21.7 Å². The summed E-state index contributed by atoms with van der Waals surface area (Å²) in [5, 5.41) is 9.45. The largest absolute Gasteiger partial charge is 0.453 e. The van der Waals surface area contributed by atoms with E-state index in [1.165, 1.54) is 65.7 Å². The molecule has 1 heterocycles. The Morgan fingerprint density at radius 3 is 1.48 bits per heavy atom. The summed E-state index contributed by atoms with van der Waals surface area (Å²) < 4.78 is 13.5. The van der Waals surface area contributed by atoms with Gasteiger partial charge in [0.15, 0.2) is 11.5 Å². The van der Waals surface area contributed by atoms with Gasteiger partial charge in [0.2, 0.25) is 0 Å². The molecular formula is C59H37NO2. The zero-order valence-electron chi connectivity index (χ0n) is 33.6. The monoisotopic (exact) mass is 791 g/mol. The number of hydrogen-bond donors (Lipinski definition) is 0. The van der Waals surface area contributed by atoms with Crippen LogP contribution in [0.25, 0.3) is 54.2 Å². The molecule has 0 radical (unpaired) electrons. The number of benzene rings is 11. The first-order valence-corrected chi connectivity index (χ1v) is 21.2. The molecule has 2 aliphatic rings. The third-order valence-corrected chi connectivity index (χ3v) is 13.1. The van der Waals surface area contributed by atoms with E-state index in [2.05, 4.69) is 199 Å². The lowest BCUT2D eigenvalue weighted by atomic mass is 9.67. The SMILES string of the molecule is c1ccc(C2(c3ccccc3)c3ccccc3-c3ccc(N(c4ccc5c(c4)Oc4cccc6cccc(c46)O5)c4ccc5c6ccccc6c6ccccc6c5c4)cc32)cc1. The van der Waals surface area contributed by atoms with E-state index in [1.807, 2.05) is 30.3 Å². The maximum Gasteiger partial charge on any atom is 0.172 e. The fraction of sp³-hybridized carbons (Fsp3) is 0.0169. The van der Waals surface area contributed by atoms with E-state index in [9.17, 15) is 0 Å². The molecule has 3 heteroatoms. The highest BCUT2D eigenvalue weighted by atomic mass is 16.5. The summed E-state index contributed by atoms with van der Waals surface area (Å²) in [6, 6.07) is 81.1. The van der Waals surface area contributed by atoms with Crippen molar-refractivity contribution in [3.8, 4) is 34.1 Å². The molecule has 0 spiro atoms. The van der Waals surface area contributed by atoms with E-state index in [1.54, 1.807) is 0 Å². The first kappa shape index (κ1) is 34.7. The lowest BCUT2D eigenvalue weighted by Gasteiger charge is -2.35. The second-order valence-corrected chi connectivity index (χ2v) is 16.4. The zero-order chi connectivity index (χ0) is 40.8. The maximum absolute atomic E-state index is 6.83. The fourth-order valence-corrected chi connectivity index (χ4v) is 10.5. The second-order valence-electron chi connectivity index (χ2n) is 16.4. The van der Waals surface area contributed by atoms with Crippen LogP contribution in [-0.4, -0.2) is 0 Å². The van der Waals surface area contributed by atoms with Gasteiger partial charge in [-0.2, -0.15) is 0 Å². The van der Waals surface area contributed by atoms with Gasteiger partial charge in [-0.3, -0.25) is 0 Å². The molecule has 13 rings (SSSR count). The molecule has 0 bridgehead atoms. The minimum atomic E-state index is -0.552. The molecule has 0 saturated carbocycles. The van der Waals surface area contributed by atoms with Crippen LogP contribution in [0.15, 0.2) is 224 Å². The van der Waals surface area contributed by atoms with Gasteiger partial charge in [0.05, 0.1) is 16.5 Å². The Labute approximate surface area is 359 Å². The molecule has 0 aromatic heterocycles. The summed E-state index contributed by atoms with van der Waals surface area (Å²) in [6.07, 6.45) is 0. The smallest absolute Gasteiger partial charge is 0.172 e. The Kier molecular flexibility index (Phi) is 7.52. The van der Waals surface area contributed by atoms with E-state index in [-0.39, 0.29) is 0 Å². The number of rotatable bonds is 5. The van der Waals surface area contributed by atoms with Gasteiger partial charge in [-0.05, 0) is 120 Å². The quantitative estimate of drug-likeness (QED) is 0.162. The molecule has 1 aliphatic heterocycles. The van der Waals surface area contributed by atoms with E-state index >= 15 is 0 Å². The third-order valence-electron chi connectivity index (χ3n) is 13.1. The van der Waals surface area contributed by atoms with Crippen molar-refractivity contribution in [2.75, 3.05) is 4.90 Å². The molecule has 0 fully saturated rings. The minimum Gasteiger partial charge on any atom is -0.453 e. The average Bonchev–Trinajstić information content (AvgIpc) is 3.53. The predicted molar refractivity (Wildman–Crippen MR) is 255 cm³/mol. The van der Waals surface area contributed by atoms with Gasteiger partial charge < -0.3 is 14.4 Å². The predicted octanol–water partition coefficient (Wildman–Crippen LogP) is 16.0. The number of nitrogens with zero attached hydrogens (tertiary/aromatic N) is 1. The van der Waals surface area contributed by atoms with Gasteiger partial charge in [-0.1, -0.05) is 170 Å². The number of anilines is 3. The Morgan fingerprint density at radius 2 is 0.806 bits per heavy atom. The van der Waals surface area contributed by atoms with Crippen molar-refractivity contribution in [3.05, 3.63) is 247 Å². The number of hydrogen-bond acceptors (Lipinski definition) is 3. The lowest BCUT2D eigenvalue weighted by Crippen LogP contribution is -2.28. The van der Waals surface area contributed by atoms with Crippen molar-refractivity contribution in [2.45, 2.75) is 5.41 Å². The normalized spacial score (nSPS) is 13.2. The number of ether oxygens (including phenoxy) is 2. The molecule has 0 atom stereocenters. The van der Waals surface area contributed by atoms with E-state index in [0.29, 0.717) is 11.5 Å². The Morgan fingerprint density at radius 1 is 0.306 bits per heavy atom. The van der Waals surface area contributed by atoms with Gasteiger partial charge in [-0.15, -0.1) is 0 Å². The van der Waals surface area contributed by atoms with Crippen LogP contribution >= 0.6 is 0 Å². The molecule has 290 valence electrons. The minimum absolute atomic E-state index is 0.552. The van der Waals surface area contributed by atoms with Gasteiger partial charge in [0, 0.05) is 17.4 Å². The Balaban J connectivity index is 1.08. The molecule has 0 amide bonds. The standard InChI is InChI=1S/C59H37NO2/c1-3-17-39(18-4-1)59(40-19-5-2-6-20-40)52-26-12-11-25-49(52)50-33-30-42(36-53(50)59)60(41-29-32-48-46-23-8-7-21-44(46)45-22-9-10-24-47(45)51(48)35-41)43-31-34-54-57(37-43)62-56-28-14-16-38-15-13-27-55(61-54)58(38)56/h1-37H. The highest BCUT2D eigenvalue weighted by Crippen LogP contribution is 2.58. The highest BCUT2D eigenvalue weighted by Gasteiger charge is 2.46. The zero-order valence-corrected chi connectivity index (χ0v) is 33.6. The molecule has 0 unspecified atom stereocenters. The van der Waals surface area contributed by atoms with Gasteiger partial charge in [0.25, 0.3) is 0 Å². The van der Waals surface area contributed by atoms with Crippen molar-refractivity contribution < 1.29 is 9.47 Å². The van der Waals surface area contributed by atoms with E-state index < -0.39 is 5.41 Å². The molecule has 0 N–H and O–H groups in total. The molecule has 11 aromatic carbocycles. The van der Waals surface area contributed by atoms with Gasteiger partial charge in [0.1, 0.15) is 11.5 Å². The molecule has 1 aliphatic carbocycles. The van der Waals surface area contributed by atoms with Gasteiger partial charge >= 0.3 is 0 Å². The average molecular weight is 792 g/mol. The lowest BCUT2D eigenvalue weighted by molar-refractivity contribution is 0.439. The van der Waals surface area contributed by atoms with Crippen LogP contribution in [0.1, 0.15) is 22.3 Å². The summed E-state index contributed by atoms with van der Waals surface area (Å²) in [6.45, 7) is 0. The van der Waals surface area contributed by atoms with Crippen LogP contribution in [-0.2, 0) is 5.41 Å². The Bertz CT molecular complexity index is 3520. The van der Waals surface area contributed by atoms with Crippen LogP contribution in [0.5, 0.6) is 23.0 Å². The number of fused-ring (bicyclic) bond motifs is 10. The van der Waals surface area contributed by atoms with Crippen molar-refractivity contribution in [2.24, 2.45) is 0 Å². The van der Waals surface area contributed by atoms with E-state index in [0.717, 1.165) is 39.3 Å². The molecular weight excluding hydrogens is 755 g/mol. The summed E-state index contributed by atoms with van der Waals surface area (Å²) in [7, 11) is 0. The van der Waals surface area contributed by atoms with Crippen molar-refractivity contribution in [1.82, 2.24) is 0 Å². The molecule has 62 heavy (non-hydrogen) atoms. The summed E-state index contributed by atoms with van der Waals surface area (Å²) >= 11 is 0.